The molecule has 2 aromatic carbocycles. The monoisotopic (exact) mass is 420 g/mol. The van der Waals surface area contributed by atoms with Gasteiger partial charge in [0.15, 0.2) is 0 Å². The number of carbonyl (C=O) groups is 1. The summed E-state index contributed by atoms with van der Waals surface area (Å²) in [4.78, 5) is 45.2. The Morgan fingerprint density at radius 3 is 2.65 bits per heavy atom. The number of fused-ring (bicyclic) bond motifs is 1. The first-order valence-corrected chi connectivity index (χ1v) is 9.68. The van der Waals surface area contributed by atoms with Crippen LogP contribution in [0, 0.1) is 17.0 Å². The van der Waals surface area contributed by atoms with Crippen LogP contribution in [0.5, 0.6) is 5.75 Å². The fourth-order valence-electron chi connectivity index (χ4n) is 3.61. The van der Waals surface area contributed by atoms with E-state index in [1.54, 1.807) is 38.3 Å². The van der Waals surface area contributed by atoms with Crippen LogP contribution >= 0.6 is 0 Å². The van der Waals surface area contributed by atoms with Crippen molar-refractivity contribution >= 4 is 11.6 Å². The van der Waals surface area contributed by atoms with E-state index in [0.717, 1.165) is 5.56 Å². The molecule has 1 amide bonds. The second-order valence-corrected chi connectivity index (χ2v) is 7.30. The first-order chi connectivity index (χ1) is 14.9. The number of methoxy groups -OCH3 is 1. The smallest absolute Gasteiger partial charge is 0.273 e. The lowest BCUT2D eigenvalue weighted by Crippen LogP contribution is -2.39. The molecule has 31 heavy (non-hydrogen) atoms. The van der Waals surface area contributed by atoms with Gasteiger partial charge in [0.05, 0.1) is 29.8 Å². The number of amides is 1. The zero-order valence-corrected chi connectivity index (χ0v) is 17.0. The highest BCUT2D eigenvalue weighted by atomic mass is 16.6. The summed E-state index contributed by atoms with van der Waals surface area (Å²) < 4.78 is 5.15. The topological polar surface area (TPSA) is 118 Å². The molecular weight excluding hydrogens is 400 g/mol. The van der Waals surface area contributed by atoms with Gasteiger partial charge in [-0.05, 0) is 37.3 Å². The van der Waals surface area contributed by atoms with Crippen molar-refractivity contribution in [1.82, 2.24) is 14.9 Å². The van der Waals surface area contributed by atoms with Crippen LogP contribution in [0.4, 0.5) is 5.69 Å². The SMILES string of the molecule is COc1ccc(-c2nc3c(c(=O)[nH]2)CN(C(=O)c2ccc(C)c([N+](=O)[O-])c2)CC3)cc1. The van der Waals surface area contributed by atoms with Gasteiger partial charge in [-0.1, -0.05) is 6.07 Å². The number of hydrogen-bond acceptors (Lipinski definition) is 6. The predicted molar refractivity (Wildman–Crippen MR) is 113 cm³/mol. The van der Waals surface area contributed by atoms with Crippen molar-refractivity contribution in [3.63, 3.8) is 0 Å². The normalized spacial score (nSPS) is 12.9. The maximum atomic E-state index is 12.9. The second-order valence-electron chi connectivity index (χ2n) is 7.30. The standard InChI is InChI=1S/C22H20N4O5/c1-13-3-4-15(11-19(13)26(29)30)22(28)25-10-9-18-17(12-25)21(27)24-20(23-18)14-5-7-16(31-2)8-6-14/h3-8,11H,9-10,12H2,1-2H3,(H,23,24,27). The first-order valence-electron chi connectivity index (χ1n) is 9.68. The largest absolute Gasteiger partial charge is 0.497 e. The summed E-state index contributed by atoms with van der Waals surface area (Å²) >= 11 is 0. The van der Waals surface area contributed by atoms with E-state index >= 15 is 0 Å². The summed E-state index contributed by atoms with van der Waals surface area (Å²) in [5.41, 5.74) is 2.13. The summed E-state index contributed by atoms with van der Waals surface area (Å²) in [6.07, 6.45) is 0.419. The van der Waals surface area contributed by atoms with Crippen molar-refractivity contribution in [2.45, 2.75) is 19.9 Å². The van der Waals surface area contributed by atoms with Gasteiger partial charge in [-0.15, -0.1) is 0 Å². The van der Waals surface area contributed by atoms with Gasteiger partial charge < -0.3 is 14.6 Å². The minimum Gasteiger partial charge on any atom is -0.497 e. The van der Waals surface area contributed by atoms with E-state index in [9.17, 15) is 19.7 Å². The number of carbonyl (C=O) groups excluding carboxylic acids is 1. The minimum atomic E-state index is -0.507. The van der Waals surface area contributed by atoms with Gasteiger partial charge in [-0.25, -0.2) is 4.98 Å². The molecule has 2 heterocycles. The van der Waals surface area contributed by atoms with E-state index in [2.05, 4.69) is 9.97 Å². The Morgan fingerprint density at radius 1 is 1.23 bits per heavy atom. The number of ether oxygens (including phenoxy) is 1. The lowest BCUT2D eigenvalue weighted by atomic mass is 10.0. The van der Waals surface area contributed by atoms with Gasteiger partial charge in [0, 0.05) is 35.7 Å². The van der Waals surface area contributed by atoms with Crippen molar-refractivity contribution in [1.29, 1.82) is 0 Å². The van der Waals surface area contributed by atoms with Crippen molar-refractivity contribution < 1.29 is 14.5 Å². The van der Waals surface area contributed by atoms with Crippen LogP contribution in [0.2, 0.25) is 0 Å². The van der Waals surface area contributed by atoms with Crippen LogP contribution in [0.1, 0.15) is 27.2 Å². The van der Waals surface area contributed by atoms with Crippen LogP contribution in [0.15, 0.2) is 47.3 Å². The molecule has 0 radical (unpaired) electrons. The highest BCUT2D eigenvalue weighted by Gasteiger charge is 2.26. The molecular formula is C22H20N4O5. The number of aromatic amines is 1. The van der Waals surface area contributed by atoms with E-state index in [-0.39, 0.29) is 29.3 Å². The molecule has 0 bridgehead atoms. The highest BCUT2D eigenvalue weighted by Crippen LogP contribution is 2.24. The average molecular weight is 420 g/mol. The number of aromatic nitrogens is 2. The Kier molecular flexibility index (Phi) is 5.24. The van der Waals surface area contributed by atoms with Gasteiger partial charge in [0.25, 0.3) is 17.2 Å². The Bertz CT molecular complexity index is 1230. The fraction of sp³-hybridized carbons (Fsp3) is 0.227. The molecule has 1 aliphatic heterocycles. The number of nitrogens with zero attached hydrogens (tertiary/aromatic N) is 3. The Labute approximate surface area is 177 Å². The molecule has 1 aliphatic rings. The predicted octanol–water partition coefficient (Wildman–Crippen LogP) is 2.86. The molecule has 0 spiro atoms. The van der Waals surface area contributed by atoms with Gasteiger partial charge in [0.1, 0.15) is 11.6 Å². The zero-order valence-electron chi connectivity index (χ0n) is 17.0. The maximum Gasteiger partial charge on any atom is 0.273 e. The summed E-state index contributed by atoms with van der Waals surface area (Å²) in [5.74, 6) is 0.808. The second kappa shape index (κ2) is 8.02. The van der Waals surface area contributed by atoms with E-state index in [4.69, 9.17) is 4.74 Å². The maximum absolute atomic E-state index is 12.9. The minimum absolute atomic E-state index is 0.0983. The van der Waals surface area contributed by atoms with Crippen LogP contribution in [0.3, 0.4) is 0 Å². The van der Waals surface area contributed by atoms with Crippen molar-refractivity contribution in [2.24, 2.45) is 0 Å². The van der Waals surface area contributed by atoms with E-state index in [1.165, 1.54) is 11.0 Å². The number of H-pyrrole nitrogens is 1. The Balaban J connectivity index is 1.60. The molecule has 0 saturated heterocycles. The molecule has 0 aliphatic carbocycles. The van der Waals surface area contributed by atoms with E-state index in [0.29, 0.717) is 41.4 Å². The number of rotatable bonds is 4. The summed E-state index contributed by atoms with van der Waals surface area (Å²) in [5, 5.41) is 11.2. The van der Waals surface area contributed by atoms with Crippen LogP contribution in [-0.2, 0) is 13.0 Å². The molecule has 3 aromatic rings. The molecule has 0 unspecified atom stereocenters. The van der Waals surface area contributed by atoms with Gasteiger partial charge in [-0.3, -0.25) is 19.7 Å². The third kappa shape index (κ3) is 3.89. The lowest BCUT2D eigenvalue weighted by Gasteiger charge is -2.28. The number of nitro benzene ring substituents is 1. The van der Waals surface area contributed by atoms with Crippen molar-refractivity contribution in [3.8, 4) is 17.1 Å². The quantitative estimate of drug-likeness (QED) is 0.512. The molecule has 0 saturated carbocycles. The lowest BCUT2D eigenvalue weighted by molar-refractivity contribution is -0.385. The first kappa shape index (κ1) is 20.3. The number of benzene rings is 2. The molecule has 1 N–H and O–H groups in total. The van der Waals surface area contributed by atoms with Crippen molar-refractivity contribution in [2.75, 3.05) is 13.7 Å². The molecule has 0 fully saturated rings. The number of hydrogen-bond donors (Lipinski definition) is 1. The summed E-state index contributed by atoms with van der Waals surface area (Å²) in [6, 6.07) is 11.6. The molecule has 0 atom stereocenters. The number of nitrogens with one attached hydrogen (secondary N) is 1. The molecule has 9 heteroatoms. The average Bonchev–Trinajstić information content (AvgIpc) is 2.78. The van der Waals surface area contributed by atoms with Crippen LogP contribution < -0.4 is 10.3 Å². The summed E-state index contributed by atoms with van der Waals surface area (Å²) in [6.45, 7) is 2.09. The zero-order chi connectivity index (χ0) is 22.1. The third-order valence-electron chi connectivity index (χ3n) is 5.37. The summed E-state index contributed by atoms with van der Waals surface area (Å²) in [7, 11) is 1.58. The Hall–Kier alpha value is -4.01. The number of nitro groups is 1. The molecule has 158 valence electrons. The highest BCUT2D eigenvalue weighted by molar-refractivity contribution is 5.95. The number of aryl methyl sites for hydroxylation is 1. The molecule has 4 rings (SSSR count). The third-order valence-corrected chi connectivity index (χ3v) is 5.37. The molecule has 9 nitrogen and oxygen atoms in total. The van der Waals surface area contributed by atoms with Crippen LogP contribution in [0.25, 0.3) is 11.4 Å². The van der Waals surface area contributed by atoms with Gasteiger partial charge >= 0.3 is 0 Å². The molecule has 1 aromatic heterocycles. The van der Waals surface area contributed by atoms with Gasteiger partial charge in [0.2, 0.25) is 0 Å². The Morgan fingerprint density at radius 2 is 1.97 bits per heavy atom. The fourth-order valence-corrected chi connectivity index (χ4v) is 3.61. The van der Waals surface area contributed by atoms with Crippen molar-refractivity contribution in [3.05, 3.63) is 85.3 Å². The van der Waals surface area contributed by atoms with E-state index < -0.39 is 4.92 Å². The van der Waals surface area contributed by atoms with E-state index in [1.807, 2.05) is 12.1 Å². The van der Waals surface area contributed by atoms with Gasteiger partial charge in [-0.2, -0.15) is 0 Å². The van der Waals surface area contributed by atoms with Crippen LogP contribution in [-0.4, -0.2) is 39.4 Å².